The summed E-state index contributed by atoms with van der Waals surface area (Å²) in [6.45, 7) is 2.35. The molecule has 3 rings (SSSR count). The first-order valence-electron chi connectivity index (χ1n) is 8.57. The van der Waals surface area contributed by atoms with Crippen LogP contribution < -0.4 is 0 Å². The molecule has 1 spiro atoms. The van der Waals surface area contributed by atoms with E-state index in [1.54, 1.807) is 0 Å². The number of benzene rings is 1. The van der Waals surface area contributed by atoms with E-state index < -0.39 is 0 Å². The van der Waals surface area contributed by atoms with Gasteiger partial charge < -0.3 is 9.84 Å². The lowest BCUT2D eigenvalue weighted by Gasteiger charge is -2.34. The van der Waals surface area contributed by atoms with Gasteiger partial charge in [-0.3, -0.25) is 0 Å². The van der Waals surface area contributed by atoms with Gasteiger partial charge >= 0.3 is 0 Å². The molecule has 2 aliphatic rings. The molecule has 1 aliphatic carbocycles. The van der Waals surface area contributed by atoms with Crippen molar-refractivity contribution in [2.75, 3.05) is 6.61 Å². The maximum absolute atomic E-state index is 9.81. The Morgan fingerprint density at radius 1 is 1.19 bits per heavy atom. The fraction of sp³-hybridized carbons (Fsp3) is 0.684. The highest BCUT2D eigenvalue weighted by Gasteiger charge is 2.41. The predicted octanol–water partition coefficient (Wildman–Crippen LogP) is 4.34. The van der Waals surface area contributed by atoms with Crippen molar-refractivity contribution < 1.29 is 9.84 Å². The average molecular weight is 288 g/mol. The number of ether oxygens (including phenoxy) is 1. The molecule has 1 aliphatic heterocycles. The minimum absolute atomic E-state index is 0.189. The summed E-state index contributed by atoms with van der Waals surface area (Å²) < 4.78 is 6.47. The van der Waals surface area contributed by atoms with Gasteiger partial charge in [0.15, 0.2) is 0 Å². The molecule has 1 heterocycles. The molecule has 2 unspecified atom stereocenters. The Balaban J connectivity index is 1.64. The highest BCUT2D eigenvalue weighted by molar-refractivity contribution is 5.29. The van der Waals surface area contributed by atoms with Crippen molar-refractivity contribution >= 4 is 0 Å². The topological polar surface area (TPSA) is 29.5 Å². The van der Waals surface area contributed by atoms with Gasteiger partial charge in [0.05, 0.1) is 18.3 Å². The molecule has 0 bridgehead atoms. The third-order valence-electron chi connectivity index (χ3n) is 5.50. The van der Waals surface area contributed by atoms with Crippen LogP contribution in [-0.4, -0.2) is 23.4 Å². The summed E-state index contributed by atoms with van der Waals surface area (Å²) in [4.78, 5) is 0. The van der Waals surface area contributed by atoms with E-state index in [1.165, 1.54) is 56.1 Å². The molecule has 2 heteroatoms. The maximum atomic E-state index is 9.81. The lowest BCUT2D eigenvalue weighted by atomic mass is 9.83. The van der Waals surface area contributed by atoms with Gasteiger partial charge in [0.1, 0.15) is 0 Å². The number of rotatable bonds is 4. The van der Waals surface area contributed by atoms with E-state index in [4.69, 9.17) is 4.74 Å². The van der Waals surface area contributed by atoms with Crippen molar-refractivity contribution in [3.8, 4) is 0 Å². The van der Waals surface area contributed by atoms with Crippen LogP contribution in [-0.2, 0) is 4.74 Å². The lowest BCUT2D eigenvalue weighted by molar-refractivity contribution is -0.0685. The summed E-state index contributed by atoms with van der Waals surface area (Å²) in [5, 5.41) is 9.81. The number of aliphatic hydroxyl groups is 1. The Hall–Kier alpha value is -0.860. The van der Waals surface area contributed by atoms with Crippen LogP contribution in [0.2, 0.25) is 0 Å². The van der Waals surface area contributed by atoms with Crippen LogP contribution >= 0.6 is 0 Å². The monoisotopic (exact) mass is 288 g/mol. The summed E-state index contributed by atoms with van der Waals surface area (Å²) in [7, 11) is 0. The van der Waals surface area contributed by atoms with Gasteiger partial charge in [0.2, 0.25) is 0 Å². The van der Waals surface area contributed by atoms with Crippen LogP contribution in [0.4, 0.5) is 0 Å². The Labute approximate surface area is 128 Å². The molecular formula is C19H28O2. The third-order valence-corrected chi connectivity index (χ3v) is 5.50. The van der Waals surface area contributed by atoms with Gasteiger partial charge in [-0.05, 0) is 50.2 Å². The number of hydrogen-bond acceptors (Lipinski definition) is 2. The van der Waals surface area contributed by atoms with Crippen molar-refractivity contribution in [2.24, 2.45) is 0 Å². The minimum atomic E-state index is 0.189. The molecule has 2 atom stereocenters. The standard InChI is InChI=1S/C19H28O2/c1-15-7-3-4-8-18(15)16(14-20)13-17-9-12-19(21-17)10-5-2-6-11-19/h3-4,7-8,16-17,20H,2,5-6,9-14H2,1H3. The molecule has 0 radical (unpaired) electrons. The quantitative estimate of drug-likeness (QED) is 0.893. The van der Waals surface area contributed by atoms with Crippen LogP contribution in [0, 0.1) is 6.92 Å². The predicted molar refractivity (Wildman–Crippen MR) is 85.5 cm³/mol. The van der Waals surface area contributed by atoms with Crippen molar-refractivity contribution in [3.05, 3.63) is 35.4 Å². The van der Waals surface area contributed by atoms with E-state index in [2.05, 4.69) is 31.2 Å². The van der Waals surface area contributed by atoms with E-state index in [1.807, 2.05) is 0 Å². The van der Waals surface area contributed by atoms with Crippen molar-refractivity contribution in [3.63, 3.8) is 0 Å². The number of hydrogen-bond donors (Lipinski definition) is 1. The van der Waals surface area contributed by atoms with Crippen LogP contribution in [0.15, 0.2) is 24.3 Å². The zero-order valence-electron chi connectivity index (χ0n) is 13.2. The average Bonchev–Trinajstić information content (AvgIpc) is 2.89. The molecule has 0 amide bonds. The van der Waals surface area contributed by atoms with Crippen LogP contribution in [0.5, 0.6) is 0 Å². The van der Waals surface area contributed by atoms with E-state index in [-0.39, 0.29) is 18.1 Å². The summed E-state index contributed by atoms with van der Waals surface area (Å²) in [6.07, 6.45) is 10.2. The van der Waals surface area contributed by atoms with E-state index >= 15 is 0 Å². The van der Waals surface area contributed by atoms with Gasteiger partial charge in [-0.1, -0.05) is 43.5 Å². The lowest BCUT2D eigenvalue weighted by Crippen LogP contribution is -2.32. The molecule has 1 saturated carbocycles. The van der Waals surface area contributed by atoms with Gasteiger partial charge in [0, 0.05) is 5.92 Å². The number of aryl methyl sites for hydroxylation is 1. The first-order valence-corrected chi connectivity index (χ1v) is 8.57. The first-order chi connectivity index (χ1) is 10.2. The second-order valence-corrected chi connectivity index (χ2v) is 6.99. The SMILES string of the molecule is Cc1ccccc1C(CO)CC1CCC2(CCCCC2)O1. The first kappa shape index (κ1) is 15.1. The highest BCUT2D eigenvalue weighted by atomic mass is 16.5. The number of aliphatic hydroxyl groups excluding tert-OH is 1. The molecule has 2 fully saturated rings. The van der Waals surface area contributed by atoms with Gasteiger partial charge in [-0.25, -0.2) is 0 Å². The smallest absolute Gasteiger partial charge is 0.0687 e. The minimum Gasteiger partial charge on any atom is -0.396 e. The molecule has 21 heavy (non-hydrogen) atoms. The van der Waals surface area contributed by atoms with Crippen molar-refractivity contribution in [1.29, 1.82) is 0 Å². The fourth-order valence-corrected chi connectivity index (χ4v) is 4.29. The Kier molecular flexibility index (Phi) is 4.66. The fourth-order valence-electron chi connectivity index (χ4n) is 4.29. The van der Waals surface area contributed by atoms with Crippen LogP contribution in [0.3, 0.4) is 0 Å². The Morgan fingerprint density at radius 3 is 2.67 bits per heavy atom. The molecule has 1 aromatic rings. The molecule has 1 aromatic carbocycles. The second kappa shape index (κ2) is 6.50. The van der Waals surface area contributed by atoms with E-state index in [9.17, 15) is 5.11 Å². The van der Waals surface area contributed by atoms with E-state index in [0.29, 0.717) is 6.10 Å². The Bertz CT molecular complexity index is 462. The molecule has 2 nitrogen and oxygen atoms in total. The summed E-state index contributed by atoms with van der Waals surface area (Å²) in [5.74, 6) is 0.218. The zero-order chi connectivity index (χ0) is 14.7. The zero-order valence-corrected chi connectivity index (χ0v) is 13.2. The molecule has 1 saturated heterocycles. The summed E-state index contributed by atoms with van der Waals surface area (Å²) in [6, 6.07) is 8.43. The van der Waals surface area contributed by atoms with Crippen LogP contribution in [0.1, 0.15) is 68.4 Å². The summed E-state index contributed by atoms with van der Waals surface area (Å²) in [5.41, 5.74) is 2.75. The summed E-state index contributed by atoms with van der Waals surface area (Å²) >= 11 is 0. The van der Waals surface area contributed by atoms with Gasteiger partial charge in [0.25, 0.3) is 0 Å². The molecular weight excluding hydrogens is 260 g/mol. The van der Waals surface area contributed by atoms with Crippen molar-refractivity contribution in [2.45, 2.75) is 75.9 Å². The maximum Gasteiger partial charge on any atom is 0.0687 e. The molecule has 1 N–H and O–H groups in total. The largest absolute Gasteiger partial charge is 0.396 e. The molecule has 0 aromatic heterocycles. The second-order valence-electron chi connectivity index (χ2n) is 6.99. The van der Waals surface area contributed by atoms with E-state index in [0.717, 1.165) is 6.42 Å². The van der Waals surface area contributed by atoms with Gasteiger partial charge in [-0.2, -0.15) is 0 Å². The molecule has 116 valence electrons. The third kappa shape index (κ3) is 3.32. The highest BCUT2D eigenvalue weighted by Crippen LogP contribution is 2.44. The Morgan fingerprint density at radius 2 is 1.95 bits per heavy atom. The van der Waals surface area contributed by atoms with Crippen LogP contribution in [0.25, 0.3) is 0 Å². The van der Waals surface area contributed by atoms with Gasteiger partial charge in [-0.15, -0.1) is 0 Å². The van der Waals surface area contributed by atoms with Crippen molar-refractivity contribution in [1.82, 2.24) is 0 Å². The normalized spacial score (nSPS) is 26.1.